The molecule has 0 aliphatic heterocycles. The van der Waals surface area contributed by atoms with Crippen LogP contribution in [0, 0.1) is 6.92 Å². The van der Waals surface area contributed by atoms with Crippen LogP contribution in [-0.4, -0.2) is 30.7 Å². The van der Waals surface area contributed by atoms with Crippen molar-refractivity contribution in [3.63, 3.8) is 0 Å². The van der Waals surface area contributed by atoms with E-state index in [1.807, 2.05) is 0 Å². The third kappa shape index (κ3) is 1.24. The number of carbonyl (C=O) groups excluding carboxylic acids is 1. The summed E-state index contributed by atoms with van der Waals surface area (Å²) in [6.45, 7) is 3.20. The zero-order chi connectivity index (χ0) is 9.42. The molecule has 2 aromatic rings. The minimum absolute atomic E-state index is 0.193. The van der Waals surface area contributed by atoms with Gasteiger partial charge in [-0.15, -0.1) is 10.2 Å². The van der Waals surface area contributed by atoms with E-state index in [1.165, 1.54) is 11.4 Å². The molecule has 7 heteroatoms. The molecule has 0 saturated carbocycles. The SMILES string of the molecule is CC(=O)Nc1nnc2nc(C)[nH]n12. The molecule has 2 aromatic heterocycles. The molecule has 13 heavy (non-hydrogen) atoms. The second kappa shape index (κ2) is 2.54. The highest BCUT2D eigenvalue weighted by Crippen LogP contribution is 2.04. The van der Waals surface area contributed by atoms with E-state index in [4.69, 9.17) is 0 Å². The molecule has 0 aromatic carbocycles. The number of hydrogen-bond donors (Lipinski definition) is 2. The second-order valence-corrected chi connectivity index (χ2v) is 2.65. The van der Waals surface area contributed by atoms with Crippen molar-refractivity contribution in [1.29, 1.82) is 0 Å². The quantitative estimate of drug-likeness (QED) is 0.631. The van der Waals surface area contributed by atoms with Crippen molar-refractivity contribution in [1.82, 2.24) is 24.8 Å². The molecule has 0 bridgehead atoms. The number of anilines is 1. The molecule has 0 radical (unpaired) electrons. The topological polar surface area (TPSA) is 88.0 Å². The van der Waals surface area contributed by atoms with E-state index in [1.54, 1.807) is 6.92 Å². The van der Waals surface area contributed by atoms with Crippen LogP contribution in [0.1, 0.15) is 12.7 Å². The first-order valence-electron chi connectivity index (χ1n) is 3.72. The van der Waals surface area contributed by atoms with Gasteiger partial charge in [-0.25, -0.2) is 0 Å². The Bertz CT molecular complexity index is 455. The van der Waals surface area contributed by atoms with Gasteiger partial charge in [0.2, 0.25) is 5.91 Å². The predicted octanol–water partition coefficient (Wildman–Crippen LogP) is -0.281. The molecule has 0 aliphatic carbocycles. The number of hydrogen-bond acceptors (Lipinski definition) is 4. The summed E-state index contributed by atoms with van der Waals surface area (Å²) < 4.78 is 1.51. The van der Waals surface area contributed by atoms with Crippen molar-refractivity contribution >= 4 is 17.6 Å². The smallest absolute Gasteiger partial charge is 0.273 e. The Labute approximate surface area is 73.2 Å². The predicted molar refractivity (Wildman–Crippen MR) is 44.2 cm³/mol. The fraction of sp³-hybridized carbons (Fsp3) is 0.333. The average molecular weight is 180 g/mol. The number of rotatable bonds is 1. The first-order valence-corrected chi connectivity index (χ1v) is 3.72. The van der Waals surface area contributed by atoms with Gasteiger partial charge < -0.3 is 0 Å². The van der Waals surface area contributed by atoms with Gasteiger partial charge in [0.25, 0.3) is 11.7 Å². The monoisotopic (exact) mass is 180 g/mol. The molecular weight excluding hydrogens is 172 g/mol. The van der Waals surface area contributed by atoms with Crippen LogP contribution in [0.15, 0.2) is 0 Å². The first kappa shape index (κ1) is 7.71. The maximum Gasteiger partial charge on any atom is 0.273 e. The van der Waals surface area contributed by atoms with Crippen molar-refractivity contribution < 1.29 is 4.79 Å². The summed E-state index contributed by atoms with van der Waals surface area (Å²) >= 11 is 0. The van der Waals surface area contributed by atoms with Gasteiger partial charge in [0.15, 0.2) is 0 Å². The number of aryl methyl sites for hydroxylation is 1. The van der Waals surface area contributed by atoms with Gasteiger partial charge in [0.1, 0.15) is 5.82 Å². The van der Waals surface area contributed by atoms with Crippen molar-refractivity contribution in [3.8, 4) is 0 Å². The molecule has 0 atom stereocenters. The Morgan fingerprint density at radius 3 is 3.00 bits per heavy atom. The molecule has 0 aliphatic rings. The fourth-order valence-electron chi connectivity index (χ4n) is 1.03. The van der Waals surface area contributed by atoms with Crippen LogP contribution in [0.5, 0.6) is 0 Å². The van der Waals surface area contributed by atoms with E-state index >= 15 is 0 Å². The Kier molecular flexibility index (Phi) is 1.51. The van der Waals surface area contributed by atoms with E-state index in [0.717, 1.165) is 5.82 Å². The number of amides is 1. The highest BCUT2D eigenvalue weighted by molar-refractivity contribution is 5.86. The molecule has 2 heterocycles. The molecule has 2 N–H and O–H groups in total. The molecule has 0 saturated heterocycles. The summed E-state index contributed by atoms with van der Waals surface area (Å²) in [7, 11) is 0. The van der Waals surface area contributed by atoms with Gasteiger partial charge >= 0.3 is 0 Å². The molecule has 2 rings (SSSR count). The summed E-state index contributed by atoms with van der Waals surface area (Å²) in [6, 6.07) is 0. The van der Waals surface area contributed by atoms with Crippen LogP contribution in [-0.2, 0) is 4.79 Å². The zero-order valence-electron chi connectivity index (χ0n) is 7.20. The standard InChI is InChI=1S/C6H8N6O/c1-3-7-5-9-10-6(8-4(2)13)12(5)11-3/h1-2H3,(H,7,9,11)(H,8,10,13). The van der Waals surface area contributed by atoms with Crippen LogP contribution in [0.25, 0.3) is 5.78 Å². The summed E-state index contributed by atoms with van der Waals surface area (Å²) in [4.78, 5) is 14.8. The highest BCUT2D eigenvalue weighted by Gasteiger charge is 2.08. The zero-order valence-corrected chi connectivity index (χ0v) is 7.20. The molecule has 0 fully saturated rings. The largest absolute Gasteiger partial charge is 0.293 e. The van der Waals surface area contributed by atoms with Gasteiger partial charge in [-0.2, -0.15) is 9.50 Å². The lowest BCUT2D eigenvalue weighted by Crippen LogP contribution is -2.09. The maximum atomic E-state index is 10.7. The van der Waals surface area contributed by atoms with Gasteiger partial charge in [-0.3, -0.25) is 15.2 Å². The Balaban J connectivity index is 2.50. The minimum Gasteiger partial charge on any atom is -0.293 e. The lowest BCUT2D eigenvalue weighted by molar-refractivity contribution is -0.114. The normalized spacial score (nSPS) is 10.6. The first-order chi connectivity index (χ1) is 6.16. The van der Waals surface area contributed by atoms with E-state index in [9.17, 15) is 4.79 Å². The van der Waals surface area contributed by atoms with Gasteiger partial charge in [-0.1, -0.05) is 0 Å². The van der Waals surface area contributed by atoms with E-state index < -0.39 is 0 Å². The van der Waals surface area contributed by atoms with Crippen LogP contribution in [0.4, 0.5) is 5.95 Å². The van der Waals surface area contributed by atoms with E-state index in [-0.39, 0.29) is 5.91 Å². The number of fused-ring (bicyclic) bond motifs is 1. The van der Waals surface area contributed by atoms with Crippen molar-refractivity contribution in [2.75, 3.05) is 5.32 Å². The van der Waals surface area contributed by atoms with Gasteiger partial charge in [-0.05, 0) is 6.92 Å². The molecule has 7 nitrogen and oxygen atoms in total. The van der Waals surface area contributed by atoms with Crippen molar-refractivity contribution in [2.45, 2.75) is 13.8 Å². The average Bonchev–Trinajstić information content (AvgIpc) is 2.51. The molecular formula is C6H8N6O. The summed E-state index contributed by atoms with van der Waals surface area (Å²) in [5.41, 5.74) is 0. The molecule has 1 amide bonds. The number of carbonyl (C=O) groups is 1. The van der Waals surface area contributed by atoms with Crippen LogP contribution < -0.4 is 5.32 Å². The number of aromatic nitrogens is 5. The van der Waals surface area contributed by atoms with Crippen LogP contribution in [0.2, 0.25) is 0 Å². The van der Waals surface area contributed by atoms with Gasteiger partial charge in [0.05, 0.1) is 0 Å². The lowest BCUT2D eigenvalue weighted by atomic mass is 10.7. The number of aromatic amines is 1. The van der Waals surface area contributed by atoms with Crippen LogP contribution in [0.3, 0.4) is 0 Å². The molecule has 0 unspecified atom stereocenters. The third-order valence-corrected chi connectivity index (χ3v) is 1.48. The fourth-order valence-corrected chi connectivity index (χ4v) is 1.03. The van der Waals surface area contributed by atoms with E-state index in [0.29, 0.717) is 11.7 Å². The third-order valence-electron chi connectivity index (χ3n) is 1.48. The number of nitrogens with zero attached hydrogens (tertiary/aromatic N) is 4. The van der Waals surface area contributed by atoms with Crippen molar-refractivity contribution in [2.24, 2.45) is 0 Å². The number of nitrogens with one attached hydrogen (secondary N) is 2. The van der Waals surface area contributed by atoms with E-state index in [2.05, 4.69) is 25.6 Å². The minimum atomic E-state index is -0.193. The Morgan fingerprint density at radius 2 is 2.31 bits per heavy atom. The Hall–Kier alpha value is -1.92. The molecule has 68 valence electrons. The van der Waals surface area contributed by atoms with Crippen LogP contribution >= 0.6 is 0 Å². The maximum absolute atomic E-state index is 10.7. The summed E-state index contributed by atoms with van der Waals surface area (Å²) in [6.07, 6.45) is 0. The Morgan fingerprint density at radius 1 is 1.54 bits per heavy atom. The lowest BCUT2D eigenvalue weighted by Gasteiger charge is -1.94. The van der Waals surface area contributed by atoms with Gasteiger partial charge in [0, 0.05) is 6.92 Å². The second-order valence-electron chi connectivity index (χ2n) is 2.65. The number of H-pyrrole nitrogens is 1. The highest BCUT2D eigenvalue weighted by atomic mass is 16.1. The molecule has 0 spiro atoms. The summed E-state index contributed by atoms with van der Waals surface area (Å²) in [5.74, 6) is 1.32. The van der Waals surface area contributed by atoms with Crippen molar-refractivity contribution in [3.05, 3.63) is 5.82 Å². The summed E-state index contributed by atoms with van der Waals surface area (Å²) in [5, 5.41) is 12.9.